The van der Waals surface area contributed by atoms with Crippen molar-refractivity contribution in [3.05, 3.63) is 29.6 Å². The predicted molar refractivity (Wildman–Crippen MR) is 70.1 cm³/mol. The first-order valence-corrected chi connectivity index (χ1v) is 6.21. The van der Waals surface area contributed by atoms with Crippen molar-refractivity contribution < 1.29 is 0 Å². The van der Waals surface area contributed by atoms with Crippen LogP contribution in [-0.4, -0.2) is 26.8 Å². The van der Waals surface area contributed by atoms with Crippen molar-refractivity contribution in [2.24, 2.45) is 0 Å². The summed E-state index contributed by atoms with van der Waals surface area (Å²) in [5.74, 6) is 2.20. The van der Waals surface area contributed by atoms with Gasteiger partial charge in [-0.1, -0.05) is 13.8 Å². The molecule has 1 aliphatic heterocycles. The molecule has 0 bridgehead atoms. The van der Waals surface area contributed by atoms with Crippen molar-refractivity contribution in [3.8, 4) is 5.69 Å². The Hall–Kier alpha value is -1.91. The van der Waals surface area contributed by atoms with Crippen LogP contribution in [0, 0.1) is 6.92 Å². The highest BCUT2D eigenvalue weighted by molar-refractivity contribution is 5.67. The molecule has 0 unspecified atom stereocenters. The van der Waals surface area contributed by atoms with Crippen LogP contribution in [0.3, 0.4) is 0 Å². The number of pyridine rings is 1. The van der Waals surface area contributed by atoms with E-state index in [1.807, 2.05) is 23.9 Å². The molecule has 0 spiro atoms. The second-order valence-electron chi connectivity index (χ2n) is 5.06. The summed E-state index contributed by atoms with van der Waals surface area (Å²) in [5.41, 5.74) is 3.37. The van der Waals surface area contributed by atoms with Gasteiger partial charge in [-0.3, -0.25) is 4.98 Å². The standard InChI is InChI=1S/C13H17N5/c1-8(2)12-13-10(5-6-14-12)18-11(7-17(13)4)15-9(3)16-18/h5-6,8H,7H2,1-4H3. The van der Waals surface area contributed by atoms with Gasteiger partial charge >= 0.3 is 0 Å². The second kappa shape index (κ2) is 3.80. The van der Waals surface area contributed by atoms with Crippen molar-refractivity contribution in [1.82, 2.24) is 19.7 Å². The highest BCUT2D eigenvalue weighted by Gasteiger charge is 2.26. The van der Waals surface area contributed by atoms with E-state index in [4.69, 9.17) is 0 Å². The Morgan fingerprint density at radius 3 is 2.83 bits per heavy atom. The molecule has 0 aromatic carbocycles. The summed E-state index contributed by atoms with van der Waals surface area (Å²) in [6.07, 6.45) is 1.86. The Labute approximate surface area is 106 Å². The van der Waals surface area contributed by atoms with Crippen LogP contribution >= 0.6 is 0 Å². The van der Waals surface area contributed by atoms with Gasteiger partial charge in [-0.05, 0) is 18.9 Å². The molecule has 0 saturated carbocycles. The molecule has 1 aliphatic rings. The quantitative estimate of drug-likeness (QED) is 0.769. The average Bonchev–Trinajstić information content (AvgIpc) is 2.69. The van der Waals surface area contributed by atoms with E-state index < -0.39 is 0 Å². The van der Waals surface area contributed by atoms with Crippen LogP contribution in [0.4, 0.5) is 5.69 Å². The second-order valence-corrected chi connectivity index (χ2v) is 5.06. The predicted octanol–water partition coefficient (Wildman–Crippen LogP) is 2.04. The van der Waals surface area contributed by atoms with Crippen LogP contribution in [0.5, 0.6) is 0 Å². The van der Waals surface area contributed by atoms with E-state index >= 15 is 0 Å². The molecule has 0 radical (unpaired) electrons. The monoisotopic (exact) mass is 243 g/mol. The smallest absolute Gasteiger partial charge is 0.152 e. The topological polar surface area (TPSA) is 46.8 Å². The maximum atomic E-state index is 4.52. The number of rotatable bonds is 1. The van der Waals surface area contributed by atoms with Gasteiger partial charge in [0.2, 0.25) is 0 Å². The molecule has 3 rings (SSSR count). The molecular weight excluding hydrogens is 226 g/mol. The molecule has 2 aromatic heterocycles. The zero-order valence-electron chi connectivity index (χ0n) is 11.2. The Balaban J connectivity index is 2.28. The first-order valence-electron chi connectivity index (χ1n) is 6.21. The van der Waals surface area contributed by atoms with Gasteiger partial charge in [0, 0.05) is 13.2 Å². The summed E-state index contributed by atoms with van der Waals surface area (Å²) in [6.45, 7) is 7.03. The van der Waals surface area contributed by atoms with Crippen molar-refractivity contribution in [2.45, 2.75) is 33.2 Å². The van der Waals surface area contributed by atoms with Crippen molar-refractivity contribution in [1.29, 1.82) is 0 Å². The lowest BCUT2D eigenvalue weighted by atomic mass is 10.1. The van der Waals surface area contributed by atoms with E-state index in [0.29, 0.717) is 5.92 Å². The number of fused-ring (bicyclic) bond motifs is 3. The highest BCUT2D eigenvalue weighted by Crippen LogP contribution is 2.35. The molecular formula is C13H17N5. The fourth-order valence-electron chi connectivity index (χ4n) is 2.49. The van der Waals surface area contributed by atoms with E-state index in [1.54, 1.807) is 0 Å². The number of nitrogens with zero attached hydrogens (tertiary/aromatic N) is 5. The Bertz CT molecular complexity index is 599. The first-order chi connectivity index (χ1) is 8.58. The minimum Gasteiger partial charge on any atom is -0.364 e. The van der Waals surface area contributed by atoms with E-state index in [1.165, 1.54) is 5.69 Å². The number of anilines is 1. The fraction of sp³-hybridized carbons (Fsp3) is 0.462. The summed E-state index contributed by atoms with van der Waals surface area (Å²) in [7, 11) is 2.08. The lowest BCUT2D eigenvalue weighted by Crippen LogP contribution is -2.28. The molecule has 0 saturated heterocycles. The fourth-order valence-corrected chi connectivity index (χ4v) is 2.49. The van der Waals surface area contributed by atoms with E-state index in [-0.39, 0.29) is 0 Å². The molecule has 3 heterocycles. The molecule has 0 atom stereocenters. The molecule has 94 valence electrons. The summed E-state index contributed by atoms with van der Waals surface area (Å²) in [4.78, 5) is 11.2. The SMILES string of the molecule is Cc1nc2n(n1)-c1ccnc(C(C)C)c1N(C)C2. The average molecular weight is 243 g/mol. The van der Waals surface area contributed by atoms with E-state index in [0.717, 1.165) is 29.6 Å². The van der Waals surface area contributed by atoms with Crippen LogP contribution in [0.15, 0.2) is 12.3 Å². The molecule has 2 aromatic rings. The van der Waals surface area contributed by atoms with Crippen molar-refractivity contribution in [3.63, 3.8) is 0 Å². The largest absolute Gasteiger partial charge is 0.364 e. The van der Waals surface area contributed by atoms with Crippen LogP contribution in [0.25, 0.3) is 5.69 Å². The molecule has 0 fully saturated rings. The summed E-state index contributed by atoms with van der Waals surface area (Å²) in [5, 5.41) is 4.48. The van der Waals surface area contributed by atoms with Gasteiger partial charge in [0.1, 0.15) is 5.82 Å². The number of aryl methyl sites for hydroxylation is 1. The molecule has 0 amide bonds. The maximum Gasteiger partial charge on any atom is 0.152 e. The number of hydrogen-bond donors (Lipinski definition) is 0. The van der Waals surface area contributed by atoms with Crippen LogP contribution in [0.2, 0.25) is 0 Å². The summed E-state index contributed by atoms with van der Waals surface area (Å²) >= 11 is 0. The van der Waals surface area contributed by atoms with Gasteiger partial charge in [0.05, 0.1) is 23.6 Å². The van der Waals surface area contributed by atoms with Gasteiger partial charge in [0.15, 0.2) is 5.82 Å². The Morgan fingerprint density at radius 1 is 1.33 bits per heavy atom. The zero-order valence-corrected chi connectivity index (χ0v) is 11.2. The summed E-state index contributed by atoms with van der Waals surface area (Å²) < 4.78 is 1.94. The summed E-state index contributed by atoms with van der Waals surface area (Å²) in [6, 6.07) is 2.01. The maximum absolute atomic E-state index is 4.52. The normalized spacial score (nSPS) is 13.7. The van der Waals surface area contributed by atoms with Gasteiger partial charge in [-0.25, -0.2) is 9.67 Å². The minimum absolute atomic E-state index is 0.397. The molecule has 0 aliphatic carbocycles. The van der Waals surface area contributed by atoms with Crippen LogP contribution in [0.1, 0.15) is 37.1 Å². The molecule has 5 heteroatoms. The Kier molecular flexibility index (Phi) is 2.36. The third-order valence-electron chi connectivity index (χ3n) is 3.25. The third-order valence-corrected chi connectivity index (χ3v) is 3.25. The van der Waals surface area contributed by atoms with Gasteiger partial charge < -0.3 is 4.90 Å². The molecule has 5 nitrogen and oxygen atoms in total. The lowest BCUT2D eigenvalue weighted by molar-refractivity contribution is 0.702. The Morgan fingerprint density at radius 2 is 2.11 bits per heavy atom. The molecule has 0 N–H and O–H groups in total. The van der Waals surface area contributed by atoms with Gasteiger partial charge in [-0.15, -0.1) is 0 Å². The number of aromatic nitrogens is 4. The van der Waals surface area contributed by atoms with Crippen molar-refractivity contribution >= 4 is 5.69 Å². The van der Waals surface area contributed by atoms with E-state index in [9.17, 15) is 0 Å². The van der Waals surface area contributed by atoms with E-state index in [2.05, 4.69) is 40.9 Å². The molecule has 18 heavy (non-hydrogen) atoms. The first kappa shape index (κ1) is 11.2. The van der Waals surface area contributed by atoms with Crippen molar-refractivity contribution in [2.75, 3.05) is 11.9 Å². The zero-order chi connectivity index (χ0) is 12.9. The highest BCUT2D eigenvalue weighted by atomic mass is 15.4. The number of hydrogen-bond acceptors (Lipinski definition) is 4. The van der Waals surface area contributed by atoms with Crippen LogP contribution < -0.4 is 4.90 Å². The lowest BCUT2D eigenvalue weighted by Gasteiger charge is -2.29. The minimum atomic E-state index is 0.397. The van der Waals surface area contributed by atoms with Crippen LogP contribution in [-0.2, 0) is 6.54 Å². The van der Waals surface area contributed by atoms with Gasteiger partial charge in [-0.2, -0.15) is 5.10 Å². The van der Waals surface area contributed by atoms with Gasteiger partial charge in [0.25, 0.3) is 0 Å². The third kappa shape index (κ3) is 1.50.